The molecular weight excluding hydrogens is 295 g/mol. The van der Waals surface area contributed by atoms with Gasteiger partial charge in [0.1, 0.15) is 0 Å². The summed E-state index contributed by atoms with van der Waals surface area (Å²) in [6.07, 6.45) is 0. The molecule has 1 aromatic rings. The second-order valence-electron chi connectivity index (χ2n) is 2.62. The predicted molar refractivity (Wildman–Crippen MR) is 62.9 cm³/mol. The number of anilines is 1. The van der Waals surface area contributed by atoms with Crippen molar-refractivity contribution in [1.82, 2.24) is 5.06 Å². The molecule has 0 aliphatic carbocycles. The van der Waals surface area contributed by atoms with Crippen molar-refractivity contribution >= 4 is 34.3 Å². The minimum atomic E-state index is -0.297. The number of carbonyl (C=O) groups excluding carboxylic acids is 1. The van der Waals surface area contributed by atoms with Gasteiger partial charge >= 0.3 is 6.03 Å². The third-order valence-corrected chi connectivity index (χ3v) is 2.37. The minimum absolute atomic E-state index is 0.297. The second-order valence-corrected chi connectivity index (χ2v) is 3.86. The third kappa shape index (κ3) is 3.15. The lowest BCUT2D eigenvalue weighted by molar-refractivity contribution is -0.0598. The van der Waals surface area contributed by atoms with Crippen molar-refractivity contribution in [3.63, 3.8) is 0 Å². The molecule has 0 fully saturated rings. The van der Waals surface area contributed by atoms with Crippen LogP contribution in [0.5, 0.6) is 0 Å². The molecule has 14 heavy (non-hydrogen) atoms. The molecule has 0 unspecified atom stereocenters. The smallest absolute Gasteiger partial charge is 0.306 e. The van der Waals surface area contributed by atoms with Gasteiger partial charge in [-0.3, -0.25) is 4.84 Å². The van der Waals surface area contributed by atoms with Gasteiger partial charge in [0.05, 0.1) is 7.11 Å². The van der Waals surface area contributed by atoms with Crippen LogP contribution >= 0.6 is 22.6 Å². The van der Waals surface area contributed by atoms with Gasteiger partial charge in [0.2, 0.25) is 0 Å². The Balaban J connectivity index is 2.60. The molecule has 2 amide bonds. The van der Waals surface area contributed by atoms with E-state index in [1.807, 2.05) is 24.3 Å². The first-order valence-electron chi connectivity index (χ1n) is 3.98. The number of benzene rings is 1. The highest BCUT2D eigenvalue weighted by molar-refractivity contribution is 14.1. The van der Waals surface area contributed by atoms with E-state index in [-0.39, 0.29) is 6.03 Å². The second kappa shape index (κ2) is 5.16. The van der Waals surface area contributed by atoms with Crippen molar-refractivity contribution in [1.29, 1.82) is 0 Å². The number of halogens is 1. The molecular formula is C9H11IN2O2. The Bertz CT molecular complexity index is 313. The Morgan fingerprint density at radius 1 is 1.43 bits per heavy atom. The number of nitrogens with one attached hydrogen (secondary N) is 1. The van der Waals surface area contributed by atoms with E-state index in [4.69, 9.17) is 4.84 Å². The van der Waals surface area contributed by atoms with Crippen molar-refractivity contribution < 1.29 is 9.63 Å². The molecule has 0 saturated carbocycles. The summed E-state index contributed by atoms with van der Waals surface area (Å²) in [4.78, 5) is 16.0. The van der Waals surface area contributed by atoms with Gasteiger partial charge in [-0.15, -0.1) is 0 Å². The summed E-state index contributed by atoms with van der Waals surface area (Å²) in [5, 5.41) is 3.80. The zero-order valence-corrected chi connectivity index (χ0v) is 10.1. The van der Waals surface area contributed by atoms with Gasteiger partial charge in [0.25, 0.3) is 0 Å². The Hall–Kier alpha value is -0.820. The van der Waals surface area contributed by atoms with Gasteiger partial charge in [-0.25, -0.2) is 9.86 Å². The Morgan fingerprint density at radius 2 is 2.00 bits per heavy atom. The standard InChI is InChI=1S/C9H11IN2O2/c1-12(14-2)9(13)11-8-5-3-7(10)4-6-8/h3-6H,1-2H3,(H,11,13). The normalized spacial score (nSPS) is 9.64. The van der Waals surface area contributed by atoms with Crippen LogP contribution in [0.25, 0.3) is 0 Å². The first-order valence-corrected chi connectivity index (χ1v) is 5.05. The van der Waals surface area contributed by atoms with Gasteiger partial charge in [-0.05, 0) is 46.9 Å². The van der Waals surface area contributed by atoms with E-state index in [0.29, 0.717) is 0 Å². The number of hydrogen-bond donors (Lipinski definition) is 1. The predicted octanol–water partition coefficient (Wildman–Crippen LogP) is 2.32. The van der Waals surface area contributed by atoms with Crippen LogP contribution in [0.2, 0.25) is 0 Å². The summed E-state index contributed by atoms with van der Waals surface area (Å²) in [5.74, 6) is 0. The van der Waals surface area contributed by atoms with Crippen molar-refractivity contribution in [2.45, 2.75) is 0 Å². The lowest BCUT2D eigenvalue weighted by Gasteiger charge is -2.14. The van der Waals surface area contributed by atoms with E-state index in [9.17, 15) is 4.79 Å². The van der Waals surface area contributed by atoms with Gasteiger partial charge in [-0.2, -0.15) is 0 Å². The molecule has 0 spiro atoms. The highest BCUT2D eigenvalue weighted by atomic mass is 127. The van der Waals surface area contributed by atoms with Gasteiger partial charge in [0.15, 0.2) is 0 Å². The molecule has 0 bridgehead atoms. The maximum atomic E-state index is 11.3. The molecule has 0 aliphatic rings. The van der Waals surface area contributed by atoms with Crippen LogP contribution in [0.3, 0.4) is 0 Å². The first kappa shape index (κ1) is 11.3. The van der Waals surface area contributed by atoms with Crippen molar-refractivity contribution in [2.75, 3.05) is 19.5 Å². The van der Waals surface area contributed by atoms with Crippen LogP contribution in [0, 0.1) is 3.57 Å². The minimum Gasteiger partial charge on any atom is -0.306 e. The van der Waals surface area contributed by atoms with E-state index < -0.39 is 0 Å². The average Bonchev–Trinajstić information content (AvgIpc) is 2.20. The van der Waals surface area contributed by atoms with Gasteiger partial charge in [0, 0.05) is 16.3 Å². The molecule has 0 aliphatic heterocycles. The molecule has 1 N–H and O–H groups in total. The van der Waals surface area contributed by atoms with E-state index in [1.165, 1.54) is 7.11 Å². The summed E-state index contributed by atoms with van der Waals surface area (Å²) in [7, 11) is 2.98. The van der Waals surface area contributed by atoms with Crippen molar-refractivity contribution in [2.24, 2.45) is 0 Å². The molecule has 4 nitrogen and oxygen atoms in total. The van der Waals surface area contributed by atoms with Crippen LogP contribution in [-0.4, -0.2) is 25.3 Å². The van der Waals surface area contributed by atoms with Crippen LogP contribution in [0.15, 0.2) is 24.3 Å². The summed E-state index contributed by atoms with van der Waals surface area (Å²) in [6, 6.07) is 7.21. The first-order chi connectivity index (χ1) is 6.63. The highest BCUT2D eigenvalue weighted by Crippen LogP contribution is 2.11. The monoisotopic (exact) mass is 306 g/mol. The molecule has 1 aromatic carbocycles. The summed E-state index contributed by atoms with van der Waals surface area (Å²) in [5.41, 5.74) is 0.749. The third-order valence-electron chi connectivity index (χ3n) is 1.66. The quantitative estimate of drug-likeness (QED) is 0.673. The molecule has 0 radical (unpaired) electrons. The van der Waals surface area contributed by atoms with E-state index in [0.717, 1.165) is 14.3 Å². The topological polar surface area (TPSA) is 41.6 Å². The van der Waals surface area contributed by atoms with Crippen molar-refractivity contribution in [3.8, 4) is 0 Å². The van der Waals surface area contributed by atoms with Gasteiger partial charge in [-0.1, -0.05) is 0 Å². The molecule has 0 saturated heterocycles. The SMILES string of the molecule is CON(C)C(=O)Nc1ccc(I)cc1. The lowest BCUT2D eigenvalue weighted by Crippen LogP contribution is -2.30. The largest absolute Gasteiger partial charge is 0.345 e. The van der Waals surface area contributed by atoms with Crippen LogP contribution in [0.4, 0.5) is 10.5 Å². The van der Waals surface area contributed by atoms with E-state index in [1.54, 1.807) is 7.05 Å². The van der Waals surface area contributed by atoms with E-state index >= 15 is 0 Å². The summed E-state index contributed by atoms with van der Waals surface area (Å²) in [6.45, 7) is 0. The molecule has 0 heterocycles. The zero-order valence-electron chi connectivity index (χ0n) is 7.95. The number of hydroxylamine groups is 2. The maximum Gasteiger partial charge on any atom is 0.345 e. The summed E-state index contributed by atoms with van der Waals surface area (Å²) >= 11 is 2.20. The number of urea groups is 1. The number of amides is 2. The molecule has 0 atom stereocenters. The fraction of sp³-hybridized carbons (Fsp3) is 0.222. The lowest BCUT2D eigenvalue weighted by atomic mass is 10.3. The number of nitrogens with zero attached hydrogens (tertiary/aromatic N) is 1. The molecule has 76 valence electrons. The molecule has 5 heteroatoms. The Morgan fingerprint density at radius 3 is 2.50 bits per heavy atom. The number of hydrogen-bond acceptors (Lipinski definition) is 2. The Kier molecular flexibility index (Phi) is 4.15. The van der Waals surface area contributed by atoms with Crippen molar-refractivity contribution in [3.05, 3.63) is 27.8 Å². The highest BCUT2D eigenvalue weighted by Gasteiger charge is 2.06. The van der Waals surface area contributed by atoms with Gasteiger partial charge < -0.3 is 5.32 Å². The van der Waals surface area contributed by atoms with Crippen LogP contribution in [-0.2, 0) is 4.84 Å². The van der Waals surface area contributed by atoms with Crippen LogP contribution in [0.1, 0.15) is 0 Å². The van der Waals surface area contributed by atoms with Crippen LogP contribution < -0.4 is 5.32 Å². The van der Waals surface area contributed by atoms with E-state index in [2.05, 4.69) is 27.9 Å². The number of carbonyl (C=O) groups is 1. The Labute approximate surface area is 96.3 Å². The number of rotatable bonds is 2. The summed E-state index contributed by atoms with van der Waals surface area (Å²) < 4.78 is 1.13. The molecule has 0 aromatic heterocycles. The zero-order chi connectivity index (χ0) is 10.6. The average molecular weight is 306 g/mol. The molecule has 1 rings (SSSR count). The fourth-order valence-corrected chi connectivity index (χ4v) is 1.18. The fourth-order valence-electron chi connectivity index (χ4n) is 0.818. The maximum absolute atomic E-state index is 11.3.